The number of esters is 1. The molecule has 6 nitrogen and oxygen atoms in total. The van der Waals surface area contributed by atoms with Gasteiger partial charge >= 0.3 is 5.97 Å². The van der Waals surface area contributed by atoms with Gasteiger partial charge in [0.05, 0.1) is 15.6 Å². The molecule has 2 rings (SSSR count). The zero-order valence-electron chi connectivity index (χ0n) is 18.7. The topological polar surface area (TPSA) is 84.9 Å². The van der Waals surface area contributed by atoms with E-state index in [1.54, 1.807) is 37.3 Å². The van der Waals surface area contributed by atoms with Crippen LogP contribution in [0.1, 0.15) is 58.4 Å². The molecule has 0 aliphatic heterocycles. The Morgan fingerprint density at radius 2 is 1.75 bits per heavy atom. The van der Waals surface area contributed by atoms with E-state index in [1.807, 2.05) is 20.8 Å². The SMILES string of the molecule is CCCCC(C(=O)Nc1cc(Br)c(Oc2ccc(O)c(C(C)C)c2)c(Br)c1)C(=O)OCC. The molecule has 0 spiro atoms. The highest BCUT2D eigenvalue weighted by Gasteiger charge is 2.28. The van der Waals surface area contributed by atoms with E-state index in [9.17, 15) is 14.7 Å². The molecule has 8 heteroatoms. The quantitative estimate of drug-likeness (QED) is 0.234. The van der Waals surface area contributed by atoms with E-state index in [0.29, 0.717) is 32.6 Å². The molecule has 2 N–H and O–H groups in total. The number of benzene rings is 2. The van der Waals surface area contributed by atoms with E-state index in [0.717, 1.165) is 18.4 Å². The number of nitrogens with one attached hydrogen (secondary N) is 1. The number of carbonyl (C=O) groups is 2. The van der Waals surface area contributed by atoms with E-state index < -0.39 is 17.8 Å². The van der Waals surface area contributed by atoms with Crippen LogP contribution in [0.25, 0.3) is 0 Å². The van der Waals surface area contributed by atoms with Gasteiger partial charge in [0.2, 0.25) is 5.91 Å². The molecule has 32 heavy (non-hydrogen) atoms. The van der Waals surface area contributed by atoms with Crippen molar-refractivity contribution in [2.75, 3.05) is 11.9 Å². The lowest BCUT2D eigenvalue weighted by Crippen LogP contribution is -2.31. The van der Waals surface area contributed by atoms with E-state index in [2.05, 4.69) is 37.2 Å². The van der Waals surface area contributed by atoms with Crippen molar-refractivity contribution >= 4 is 49.4 Å². The zero-order valence-corrected chi connectivity index (χ0v) is 21.9. The number of unbranched alkanes of at least 4 members (excludes halogenated alkanes) is 1. The van der Waals surface area contributed by atoms with Gasteiger partial charge in [0.15, 0.2) is 5.75 Å². The number of carbonyl (C=O) groups excluding carboxylic acids is 2. The highest BCUT2D eigenvalue weighted by Crippen LogP contribution is 2.40. The monoisotopic (exact) mass is 569 g/mol. The summed E-state index contributed by atoms with van der Waals surface area (Å²) in [6.45, 7) is 7.94. The van der Waals surface area contributed by atoms with Crippen LogP contribution < -0.4 is 10.1 Å². The maximum atomic E-state index is 12.8. The summed E-state index contributed by atoms with van der Waals surface area (Å²) < 4.78 is 12.3. The Morgan fingerprint density at radius 1 is 1.09 bits per heavy atom. The first-order chi connectivity index (χ1) is 15.2. The van der Waals surface area contributed by atoms with Crippen LogP contribution in [0.2, 0.25) is 0 Å². The number of amides is 1. The van der Waals surface area contributed by atoms with Crippen LogP contribution in [0.3, 0.4) is 0 Å². The van der Waals surface area contributed by atoms with Gasteiger partial charge < -0.3 is 19.9 Å². The first kappa shape index (κ1) is 26.2. The Balaban J connectivity index is 2.22. The second-order valence-corrected chi connectivity index (χ2v) is 9.39. The molecule has 0 saturated heterocycles. The van der Waals surface area contributed by atoms with Gasteiger partial charge in [0.25, 0.3) is 0 Å². The van der Waals surface area contributed by atoms with Gasteiger partial charge in [-0.2, -0.15) is 0 Å². The average Bonchev–Trinajstić information content (AvgIpc) is 2.72. The average molecular weight is 571 g/mol. The van der Waals surface area contributed by atoms with Crippen molar-refractivity contribution in [1.82, 2.24) is 0 Å². The molecule has 2 aromatic rings. The van der Waals surface area contributed by atoms with Crippen molar-refractivity contribution in [1.29, 1.82) is 0 Å². The maximum absolute atomic E-state index is 12.8. The highest BCUT2D eigenvalue weighted by atomic mass is 79.9. The fourth-order valence-corrected chi connectivity index (χ4v) is 4.49. The second-order valence-electron chi connectivity index (χ2n) is 7.68. The van der Waals surface area contributed by atoms with Crippen molar-refractivity contribution < 1.29 is 24.2 Å². The molecule has 0 aliphatic rings. The first-order valence-corrected chi connectivity index (χ1v) is 12.2. The summed E-state index contributed by atoms with van der Waals surface area (Å²) >= 11 is 6.99. The molecule has 0 bridgehead atoms. The van der Waals surface area contributed by atoms with Crippen LogP contribution in [0.5, 0.6) is 17.2 Å². The number of hydrogen-bond donors (Lipinski definition) is 2. The third-order valence-electron chi connectivity index (χ3n) is 4.84. The number of halogens is 2. The Bertz CT molecular complexity index is 938. The minimum Gasteiger partial charge on any atom is -0.508 e. The lowest BCUT2D eigenvalue weighted by Gasteiger charge is -2.17. The molecule has 174 valence electrons. The van der Waals surface area contributed by atoms with E-state index in [1.165, 1.54) is 0 Å². The lowest BCUT2D eigenvalue weighted by molar-refractivity contribution is -0.151. The van der Waals surface area contributed by atoms with Crippen molar-refractivity contribution in [3.05, 3.63) is 44.8 Å². The predicted octanol–water partition coefficient (Wildman–Crippen LogP) is 7.14. The van der Waals surface area contributed by atoms with Crippen LogP contribution in [-0.2, 0) is 14.3 Å². The summed E-state index contributed by atoms with van der Waals surface area (Å²) in [5.74, 6) is -0.294. The van der Waals surface area contributed by atoms with Gasteiger partial charge in [0, 0.05) is 11.3 Å². The van der Waals surface area contributed by atoms with E-state index in [4.69, 9.17) is 9.47 Å². The van der Waals surface area contributed by atoms with Crippen molar-refractivity contribution in [3.8, 4) is 17.2 Å². The lowest BCUT2D eigenvalue weighted by atomic mass is 10.0. The third kappa shape index (κ3) is 6.97. The maximum Gasteiger partial charge on any atom is 0.318 e. The number of ether oxygens (including phenoxy) is 2. The molecule has 1 amide bonds. The number of phenolic OH excluding ortho intramolecular Hbond substituents is 1. The molecular formula is C24H29Br2NO5. The van der Waals surface area contributed by atoms with Crippen LogP contribution in [0.4, 0.5) is 5.69 Å². The van der Waals surface area contributed by atoms with Crippen molar-refractivity contribution in [2.45, 2.75) is 52.9 Å². The Labute approximate surface area is 205 Å². The summed E-state index contributed by atoms with van der Waals surface area (Å²) in [6.07, 6.45) is 2.06. The molecule has 0 aliphatic carbocycles. The number of rotatable bonds is 10. The number of hydrogen-bond acceptors (Lipinski definition) is 5. The minimum absolute atomic E-state index is 0.142. The van der Waals surface area contributed by atoms with Gasteiger partial charge in [-0.15, -0.1) is 0 Å². The van der Waals surface area contributed by atoms with Crippen LogP contribution in [0, 0.1) is 5.92 Å². The Kier molecular flexibility index (Phi) is 10.0. The van der Waals surface area contributed by atoms with Crippen LogP contribution in [-0.4, -0.2) is 23.6 Å². The summed E-state index contributed by atoms with van der Waals surface area (Å²) in [4.78, 5) is 25.0. The normalized spacial score (nSPS) is 11.8. The Morgan fingerprint density at radius 3 is 2.31 bits per heavy atom. The molecule has 2 aromatic carbocycles. The fraction of sp³-hybridized carbons (Fsp3) is 0.417. The molecule has 1 unspecified atom stereocenters. The van der Waals surface area contributed by atoms with Crippen LogP contribution >= 0.6 is 31.9 Å². The summed E-state index contributed by atoms with van der Waals surface area (Å²) in [5.41, 5.74) is 1.30. The van der Waals surface area contributed by atoms with E-state index >= 15 is 0 Å². The predicted molar refractivity (Wildman–Crippen MR) is 132 cm³/mol. The summed E-state index contributed by atoms with van der Waals surface area (Å²) in [7, 11) is 0. The number of anilines is 1. The first-order valence-electron chi connectivity index (χ1n) is 10.6. The highest BCUT2D eigenvalue weighted by molar-refractivity contribution is 9.11. The van der Waals surface area contributed by atoms with Gasteiger partial charge in [-0.1, -0.05) is 33.6 Å². The smallest absolute Gasteiger partial charge is 0.318 e. The molecular weight excluding hydrogens is 542 g/mol. The molecule has 0 saturated carbocycles. The van der Waals surface area contributed by atoms with Crippen LogP contribution in [0.15, 0.2) is 39.3 Å². The fourth-order valence-electron chi connectivity index (χ4n) is 3.14. The summed E-state index contributed by atoms with van der Waals surface area (Å²) in [6, 6.07) is 8.51. The van der Waals surface area contributed by atoms with Gasteiger partial charge in [-0.3, -0.25) is 9.59 Å². The number of phenols is 1. The number of aromatic hydroxyl groups is 1. The second kappa shape index (κ2) is 12.3. The van der Waals surface area contributed by atoms with Gasteiger partial charge in [0.1, 0.15) is 17.4 Å². The Hall–Kier alpha value is -2.06. The molecule has 0 aromatic heterocycles. The third-order valence-corrected chi connectivity index (χ3v) is 6.02. The van der Waals surface area contributed by atoms with Gasteiger partial charge in [-0.25, -0.2) is 0 Å². The van der Waals surface area contributed by atoms with Gasteiger partial charge in [-0.05, 0) is 81.5 Å². The van der Waals surface area contributed by atoms with Crippen molar-refractivity contribution in [2.24, 2.45) is 5.92 Å². The van der Waals surface area contributed by atoms with E-state index in [-0.39, 0.29) is 18.3 Å². The minimum atomic E-state index is -0.852. The molecule has 0 heterocycles. The molecule has 1 atom stereocenters. The molecule has 0 fully saturated rings. The van der Waals surface area contributed by atoms with Crippen molar-refractivity contribution in [3.63, 3.8) is 0 Å². The standard InChI is InChI=1S/C24H29Br2NO5/c1-5-7-8-17(24(30)31-6-2)23(29)27-15-11-19(25)22(20(26)12-15)32-16-9-10-21(28)18(13-16)14(3)4/h9-14,17,28H,5-8H2,1-4H3,(H,27,29). The summed E-state index contributed by atoms with van der Waals surface area (Å²) in [5, 5.41) is 12.8. The molecule has 0 radical (unpaired) electrons. The largest absolute Gasteiger partial charge is 0.508 e. The zero-order chi connectivity index (χ0) is 23.8.